The Kier molecular flexibility index (Phi) is 3.46. The summed E-state index contributed by atoms with van der Waals surface area (Å²) in [6.45, 7) is 0.337. The lowest BCUT2D eigenvalue weighted by Gasteiger charge is -2.05. The predicted molar refractivity (Wildman–Crippen MR) is 61.0 cm³/mol. The Morgan fingerprint density at radius 3 is 3.06 bits per heavy atom. The van der Waals surface area contributed by atoms with E-state index in [1.54, 1.807) is 0 Å². The van der Waals surface area contributed by atoms with Crippen LogP contribution in [0.15, 0.2) is 18.6 Å². The fraction of sp³-hybridized carbons (Fsp3) is 0.200. The van der Waals surface area contributed by atoms with Crippen molar-refractivity contribution in [2.24, 2.45) is 0 Å². The monoisotopic (exact) mass is 250 g/mol. The van der Waals surface area contributed by atoms with Crippen molar-refractivity contribution in [1.82, 2.24) is 25.5 Å². The number of aromatic amines is 1. The molecule has 0 spiro atoms. The average molecular weight is 250 g/mol. The minimum Gasteiger partial charge on any atom is -0.383 e. The molecular formula is C10H11FN6O. The fourth-order valence-electron chi connectivity index (χ4n) is 1.37. The van der Waals surface area contributed by atoms with Crippen LogP contribution in [0.1, 0.15) is 16.2 Å². The molecule has 2 heterocycles. The van der Waals surface area contributed by atoms with Crippen LogP contribution >= 0.6 is 0 Å². The first-order valence-corrected chi connectivity index (χ1v) is 5.20. The number of anilines is 1. The molecule has 2 rings (SSSR count). The van der Waals surface area contributed by atoms with Crippen molar-refractivity contribution in [2.45, 2.75) is 6.42 Å². The van der Waals surface area contributed by atoms with Crippen LogP contribution in [-0.2, 0) is 6.42 Å². The Labute approximate surface area is 102 Å². The van der Waals surface area contributed by atoms with Crippen LogP contribution < -0.4 is 11.1 Å². The standard InChI is InChI=1S/C10H11FN6O/c11-6-3-7(9(12)14-4-6)10(18)13-2-1-8-15-5-16-17-8/h3-5H,1-2H2,(H2,12,14)(H,13,18)(H,15,16,17). The number of nitrogens with one attached hydrogen (secondary N) is 2. The molecule has 0 atom stereocenters. The third kappa shape index (κ3) is 2.78. The zero-order valence-corrected chi connectivity index (χ0v) is 9.35. The minimum atomic E-state index is -0.607. The number of pyridine rings is 1. The second-order valence-electron chi connectivity index (χ2n) is 3.52. The molecule has 0 aromatic carbocycles. The van der Waals surface area contributed by atoms with E-state index >= 15 is 0 Å². The lowest BCUT2D eigenvalue weighted by Crippen LogP contribution is -2.27. The van der Waals surface area contributed by atoms with Crippen molar-refractivity contribution >= 4 is 11.7 Å². The quantitative estimate of drug-likeness (QED) is 0.701. The van der Waals surface area contributed by atoms with E-state index in [0.29, 0.717) is 18.8 Å². The van der Waals surface area contributed by atoms with E-state index in [2.05, 4.69) is 25.5 Å². The highest BCUT2D eigenvalue weighted by atomic mass is 19.1. The molecule has 0 bridgehead atoms. The predicted octanol–water partition coefficient (Wildman–Crippen LogP) is -0.107. The number of nitrogens with two attached hydrogens (primary N) is 1. The van der Waals surface area contributed by atoms with Crippen LogP contribution in [0.5, 0.6) is 0 Å². The fourth-order valence-corrected chi connectivity index (χ4v) is 1.37. The van der Waals surface area contributed by atoms with Gasteiger partial charge < -0.3 is 11.1 Å². The summed E-state index contributed by atoms with van der Waals surface area (Å²) in [5.41, 5.74) is 5.51. The van der Waals surface area contributed by atoms with Crippen LogP contribution in [-0.4, -0.2) is 32.6 Å². The molecule has 0 radical (unpaired) electrons. The molecule has 0 fully saturated rings. The highest BCUT2D eigenvalue weighted by Crippen LogP contribution is 2.09. The molecule has 1 amide bonds. The molecule has 8 heteroatoms. The van der Waals surface area contributed by atoms with E-state index in [0.717, 1.165) is 12.3 Å². The van der Waals surface area contributed by atoms with Gasteiger partial charge in [-0.05, 0) is 6.07 Å². The summed E-state index contributed by atoms with van der Waals surface area (Å²) in [5.74, 6) is -0.433. The molecule has 0 saturated carbocycles. The first-order chi connectivity index (χ1) is 8.66. The summed E-state index contributed by atoms with van der Waals surface area (Å²) >= 11 is 0. The van der Waals surface area contributed by atoms with E-state index in [-0.39, 0.29) is 11.4 Å². The van der Waals surface area contributed by atoms with Gasteiger partial charge in [0.2, 0.25) is 0 Å². The Balaban J connectivity index is 1.93. The van der Waals surface area contributed by atoms with Gasteiger partial charge in [0, 0.05) is 13.0 Å². The molecule has 4 N–H and O–H groups in total. The van der Waals surface area contributed by atoms with Crippen LogP contribution in [0.25, 0.3) is 0 Å². The Hall–Kier alpha value is -2.51. The van der Waals surface area contributed by atoms with Crippen LogP contribution in [0.4, 0.5) is 10.2 Å². The Morgan fingerprint density at radius 1 is 1.50 bits per heavy atom. The smallest absolute Gasteiger partial charge is 0.255 e. The maximum absolute atomic E-state index is 12.9. The van der Waals surface area contributed by atoms with Gasteiger partial charge in [-0.15, -0.1) is 0 Å². The number of nitrogens with zero attached hydrogens (tertiary/aromatic N) is 3. The van der Waals surface area contributed by atoms with Crippen molar-refractivity contribution in [3.05, 3.63) is 35.8 Å². The first-order valence-electron chi connectivity index (χ1n) is 5.20. The normalized spacial score (nSPS) is 10.3. The number of halogens is 1. The van der Waals surface area contributed by atoms with Crippen molar-refractivity contribution in [2.75, 3.05) is 12.3 Å². The number of nitrogen functional groups attached to an aromatic ring is 1. The summed E-state index contributed by atoms with van der Waals surface area (Å²) in [7, 11) is 0. The molecule has 18 heavy (non-hydrogen) atoms. The summed E-state index contributed by atoms with van der Waals surface area (Å²) in [4.78, 5) is 19.2. The first kappa shape index (κ1) is 12.0. The summed E-state index contributed by atoms with van der Waals surface area (Å²) in [6, 6.07) is 1.05. The zero-order valence-electron chi connectivity index (χ0n) is 9.35. The molecule has 94 valence electrons. The maximum Gasteiger partial charge on any atom is 0.255 e. The van der Waals surface area contributed by atoms with Gasteiger partial charge in [-0.1, -0.05) is 0 Å². The zero-order chi connectivity index (χ0) is 13.0. The van der Waals surface area contributed by atoms with Gasteiger partial charge in [-0.2, -0.15) is 5.10 Å². The third-order valence-corrected chi connectivity index (χ3v) is 2.24. The highest BCUT2D eigenvalue weighted by molar-refractivity contribution is 5.98. The molecule has 0 aliphatic carbocycles. The number of amides is 1. The number of carbonyl (C=O) groups is 1. The number of H-pyrrole nitrogens is 1. The molecule has 0 unspecified atom stereocenters. The van der Waals surface area contributed by atoms with Crippen molar-refractivity contribution in [3.8, 4) is 0 Å². The summed E-state index contributed by atoms with van der Waals surface area (Å²) in [5, 5.41) is 8.93. The lowest BCUT2D eigenvalue weighted by atomic mass is 10.2. The molecule has 0 aliphatic heterocycles. The van der Waals surface area contributed by atoms with Crippen molar-refractivity contribution in [3.63, 3.8) is 0 Å². The Bertz CT molecular complexity index is 541. The SMILES string of the molecule is Nc1ncc(F)cc1C(=O)NCCc1ncn[nH]1. The molecular weight excluding hydrogens is 239 g/mol. The van der Waals surface area contributed by atoms with Crippen LogP contribution in [0.2, 0.25) is 0 Å². The van der Waals surface area contributed by atoms with E-state index in [1.165, 1.54) is 6.33 Å². The number of carbonyl (C=O) groups excluding carboxylic acids is 1. The molecule has 7 nitrogen and oxygen atoms in total. The van der Waals surface area contributed by atoms with E-state index in [1.807, 2.05) is 0 Å². The minimum absolute atomic E-state index is 0.00596. The van der Waals surface area contributed by atoms with Gasteiger partial charge in [0.25, 0.3) is 5.91 Å². The van der Waals surface area contributed by atoms with Gasteiger partial charge in [-0.25, -0.2) is 14.4 Å². The van der Waals surface area contributed by atoms with E-state index < -0.39 is 11.7 Å². The average Bonchev–Trinajstić information content (AvgIpc) is 2.85. The maximum atomic E-state index is 12.9. The van der Waals surface area contributed by atoms with Gasteiger partial charge >= 0.3 is 0 Å². The molecule has 0 saturated heterocycles. The number of rotatable bonds is 4. The molecule has 2 aromatic heterocycles. The van der Waals surface area contributed by atoms with Crippen LogP contribution in [0.3, 0.4) is 0 Å². The lowest BCUT2D eigenvalue weighted by molar-refractivity contribution is 0.0954. The van der Waals surface area contributed by atoms with Crippen LogP contribution in [0, 0.1) is 5.82 Å². The topological polar surface area (TPSA) is 110 Å². The summed E-state index contributed by atoms with van der Waals surface area (Å²) in [6.07, 6.45) is 2.83. The molecule has 2 aromatic rings. The van der Waals surface area contributed by atoms with Gasteiger partial charge in [-0.3, -0.25) is 9.89 Å². The largest absolute Gasteiger partial charge is 0.383 e. The summed E-state index contributed by atoms with van der Waals surface area (Å²) < 4.78 is 12.9. The number of aromatic nitrogens is 4. The second kappa shape index (κ2) is 5.21. The molecule has 0 aliphatic rings. The van der Waals surface area contributed by atoms with Gasteiger partial charge in [0.15, 0.2) is 0 Å². The van der Waals surface area contributed by atoms with E-state index in [9.17, 15) is 9.18 Å². The van der Waals surface area contributed by atoms with E-state index in [4.69, 9.17) is 5.73 Å². The second-order valence-corrected chi connectivity index (χ2v) is 3.52. The Morgan fingerprint density at radius 2 is 2.33 bits per heavy atom. The number of hydrogen-bond acceptors (Lipinski definition) is 5. The van der Waals surface area contributed by atoms with Gasteiger partial charge in [0.05, 0.1) is 11.8 Å². The van der Waals surface area contributed by atoms with Crippen molar-refractivity contribution < 1.29 is 9.18 Å². The number of hydrogen-bond donors (Lipinski definition) is 3. The van der Waals surface area contributed by atoms with Gasteiger partial charge in [0.1, 0.15) is 23.8 Å². The van der Waals surface area contributed by atoms with Crippen molar-refractivity contribution in [1.29, 1.82) is 0 Å². The highest BCUT2D eigenvalue weighted by Gasteiger charge is 2.11. The third-order valence-electron chi connectivity index (χ3n) is 2.24.